The molecule has 1 aliphatic rings. The van der Waals surface area contributed by atoms with Gasteiger partial charge in [-0.25, -0.2) is 4.21 Å². The van der Waals surface area contributed by atoms with Crippen LogP contribution < -0.4 is 0 Å². The van der Waals surface area contributed by atoms with E-state index < -0.39 is 20.7 Å². The van der Waals surface area contributed by atoms with E-state index in [-0.39, 0.29) is 21.2 Å². The zero-order valence-corrected chi connectivity index (χ0v) is 8.96. The summed E-state index contributed by atoms with van der Waals surface area (Å²) in [6.07, 6.45) is -4.55. The Morgan fingerprint density at radius 1 is 1.36 bits per heavy atom. The van der Waals surface area contributed by atoms with Crippen LogP contribution in [0, 0.1) is 5.92 Å². The number of alkyl halides is 3. The lowest BCUT2D eigenvalue weighted by Gasteiger charge is -2.08. The van der Waals surface area contributed by atoms with Crippen LogP contribution in [0.2, 0.25) is 0 Å². The molecule has 0 fully saturated rings. The second-order valence-electron chi connectivity index (χ2n) is 2.83. The minimum atomic E-state index is -4.55. The predicted octanol–water partition coefficient (Wildman–Crippen LogP) is 1.68. The average Bonchev–Trinajstić information content (AvgIpc) is 2.45. The van der Waals surface area contributed by atoms with Crippen molar-refractivity contribution in [2.45, 2.75) is 20.0 Å². The third kappa shape index (κ3) is 2.11. The number of rotatable bonds is 1. The van der Waals surface area contributed by atoms with Crippen LogP contribution in [0.1, 0.15) is 13.8 Å². The first-order valence-electron chi connectivity index (χ1n) is 3.65. The van der Waals surface area contributed by atoms with E-state index in [0.717, 1.165) is 0 Å². The fraction of sp³-hybridized carbons (Fsp3) is 0.667. The standard InChI is InChI=1S/C6H7F3N2OS2/c1-3(2)4-10-11-5(6(7,8)9)14(4)13-12/h3H,1-2H3. The molecule has 0 spiro atoms. The highest BCUT2D eigenvalue weighted by molar-refractivity contribution is 8.47. The fourth-order valence-electron chi connectivity index (χ4n) is 0.826. The fourth-order valence-corrected chi connectivity index (χ4v) is 3.49. The van der Waals surface area contributed by atoms with Crippen molar-refractivity contribution in [3.8, 4) is 0 Å². The first-order valence-corrected chi connectivity index (χ1v) is 6.13. The van der Waals surface area contributed by atoms with E-state index in [1.165, 1.54) is 0 Å². The SMILES string of the molecule is CC(C)C1=NN=C(C(F)(F)F)S1=S=O. The van der Waals surface area contributed by atoms with E-state index in [1.807, 2.05) is 0 Å². The lowest BCUT2D eigenvalue weighted by atomic mass is 10.2. The van der Waals surface area contributed by atoms with Crippen molar-refractivity contribution in [1.29, 1.82) is 0 Å². The van der Waals surface area contributed by atoms with Crippen LogP contribution in [-0.2, 0) is 19.7 Å². The molecule has 0 radical (unpaired) electrons. The predicted molar refractivity (Wildman–Crippen MR) is 51.3 cm³/mol. The molecule has 0 aliphatic carbocycles. The molecule has 0 N–H and O–H groups in total. The lowest BCUT2D eigenvalue weighted by Crippen LogP contribution is -2.29. The Morgan fingerprint density at radius 2 is 1.93 bits per heavy atom. The third-order valence-corrected chi connectivity index (χ3v) is 4.54. The summed E-state index contributed by atoms with van der Waals surface area (Å²) in [5.74, 6) is -0.191. The molecule has 0 bridgehead atoms. The Bertz CT molecular complexity index is 366. The van der Waals surface area contributed by atoms with Crippen LogP contribution in [-0.4, -0.2) is 20.5 Å². The number of hydrogen-bond acceptors (Lipinski definition) is 3. The molecule has 0 saturated heterocycles. The van der Waals surface area contributed by atoms with Gasteiger partial charge in [-0.1, -0.05) is 13.8 Å². The molecule has 14 heavy (non-hydrogen) atoms. The minimum Gasteiger partial charge on any atom is -0.205 e. The maximum atomic E-state index is 12.3. The summed E-state index contributed by atoms with van der Waals surface area (Å²) in [5.41, 5.74) is 0. The van der Waals surface area contributed by atoms with Gasteiger partial charge in [0.25, 0.3) is 0 Å². The first-order chi connectivity index (χ1) is 6.38. The highest BCUT2D eigenvalue weighted by Gasteiger charge is 2.43. The van der Waals surface area contributed by atoms with Crippen LogP contribution in [0.4, 0.5) is 13.2 Å². The summed E-state index contributed by atoms with van der Waals surface area (Å²) in [4.78, 5) is 0. The van der Waals surface area contributed by atoms with Gasteiger partial charge in [0.15, 0.2) is 0 Å². The molecule has 0 saturated carbocycles. The number of halogens is 3. The van der Waals surface area contributed by atoms with Crippen LogP contribution in [0.5, 0.6) is 0 Å². The molecule has 8 heteroatoms. The van der Waals surface area contributed by atoms with Crippen molar-refractivity contribution < 1.29 is 17.4 Å². The smallest absolute Gasteiger partial charge is 0.205 e. The van der Waals surface area contributed by atoms with Gasteiger partial charge >= 0.3 is 6.18 Å². The van der Waals surface area contributed by atoms with E-state index in [9.17, 15) is 17.4 Å². The summed E-state index contributed by atoms with van der Waals surface area (Å²) < 4.78 is 47.4. The zero-order chi connectivity index (χ0) is 10.9. The maximum Gasteiger partial charge on any atom is 0.442 e. The Balaban J connectivity index is 3.09. The van der Waals surface area contributed by atoms with Crippen LogP contribution in [0.25, 0.3) is 0 Å². The quantitative estimate of drug-likeness (QED) is 0.692. The van der Waals surface area contributed by atoms with E-state index in [4.69, 9.17) is 0 Å². The van der Waals surface area contributed by atoms with Crippen molar-refractivity contribution in [1.82, 2.24) is 0 Å². The monoisotopic (exact) mass is 244 g/mol. The second-order valence-corrected chi connectivity index (χ2v) is 5.72. The molecule has 1 atom stereocenters. The third-order valence-electron chi connectivity index (χ3n) is 1.41. The van der Waals surface area contributed by atoms with Gasteiger partial charge in [-0.05, 0) is 0 Å². The van der Waals surface area contributed by atoms with Gasteiger partial charge < -0.3 is 0 Å². The van der Waals surface area contributed by atoms with Crippen LogP contribution in [0.15, 0.2) is 10.2 Å². The zero-order valence-electron chi connectivity index (χ0n) is 7.33. The van der Waals surface area contributed by atoms with Crippen LogP contribution >= 0.6 is 0 Å². The second kappa shape index (κ2) is 3.93. The number of hydrogen-bond donors (Lipinski definition) is 0. The molecule has 3 nitrogen and oxygen atoms in total. The summed E-state index contributed by atoms with van der Waals surface area (Å²) in [5, 5.41) is 5.60. The van der Waals surface area contributed by atoms with Crippen molar-refractivity contribution in [3.63, 3.8) is 0 Å². The summed E-state index contributed by atoms with van der Waals surface area (Å²) in [7, 11) is -1.67. The molecule has 0 amide bonds. The Hall–Kier alpha value is -0.500. The molecule has 0 aromatic heterocycles. The summed E-state index contributed by atoms with van der Waals surface area (Å²) >= 11 is 0. The van der Waals surface area contributed by atoms with E-state index in [2.05, 4.69) is 10.2 Å². The van der Waals surface area contributed by atoms with E-state index >= 15 is 0 Å². The Labute approximate surface area is 83.8 Å². The van der Waals surface area contributed by atoms with Gasteiger partial charge in [0.2, 0.25) is 5.04 Å². The number of nitrogens with zero attached hydrogens (tertiary/aromatic N) is 2. The molecule has 1 aliphatic heterocycles. The molecule has 0 aromatic carbocycles. The molecule has 1 unspecified atom stereocenters. The van der Waals surface area contributed by atoms with Crippen LogP contribution in [0.3, 0.4) is 0 Å². The van der Waals surface area contributed by atoms with Gasteiger partial charge in [-0.3, -0.25) is 0 Å². The van der Waals surface area contributed by atoms with E-state index in [0.29, 0.717) is 0 Å². The largest absolute Gasteiger partial charge is 0.442 e. The minimum absolute atomic E-state index is 0.1000. The Kier molecular flexibility index (Phi) is 3.25. The van der Waals surface area contributed by atoms with Gasteiger partial charge in [-0.15, -0.1) is 10.2 Å². The molecule has 0 aromatic rings. The topological polar surface area (TPSA) is 41.8 Å². The van der Waals surface area contributed by atoms with Crippen molar-refractivity contribution in [3.05, 3.63) is 0 Å². The molecule has 1 rings (SSSR count). The highest BCUT2D eigenvalue weighted by atomic mass is 32.8. The first kappa shape index (κ1) is 11.6. The summed E-state index contributed by atoms with van der Waals surface area (Å²) in [6, 6.07) is 0. The van der Waals surface area contributed by atoms with Gasteiger partial charge in [0.1, 0.15) is 15.3 Å². The lowest BCUT2D eigenvalue weighted by molar-refractivity contribution is -0.0555. The van der Waals surface area contributed by atoms with Crippen molar-refractivity contribution in [2.75, 3.05) is 0 Å². The van der Waals surface area contributed by atoms with E-state index in [1.54, 1.807) is 13.8 Å². The highest BCUT2D eigenvalue weighted by Crippen LogP contribution is 2.25. The molecular weight excluding hydrogens is 237 g/mol. The van der Waals surface area contributed by atoms with Crippen molar-refractivity contribution >= 4 is 29.8 Å². The molecule has 80 valence electrons. The van der Waals surface area contributed by atoms with Crippen molar-refractivity contribution in [2.24, 2.45) is 16.1 Å². The molecular formula is C6H7F3N2OS2. The maximum absolute atomic E-state index is 12.3. The van der Waals surface area contributed by atoms with Gasteiger partial charge in [-0.2, -0.15) is 13.2 Å². The average molecular weight is 244 g/mol. The van der Waals surface area contributed by atoms with Gasteiger partial charge in [0, 0.05) is 15.4 Å². The Morgan fingerprint density at radius 3 is 2.29 bits per heavy atom. The normalized spacial score (nSPS) is 22.3. The van der Waals surface area contributed by atoms with Gasteiger partial charge in [0.05, 0.1) is 0 Å². The molecule has 1 heterocycles. The summed E-state index contributed by atoms with van der Waals surface area (Å²) in [6.45, 7) is 3.37.